The van der Waals surface area contributed by atoms with Crippen molar-refractivity contribution >= 4 is 147 Å². The summed E-state index contributed by atoms with van der Waals surface area (Å²) in [5, 5.41) is 11.3. The van der Waals surface area contributed by atoms with Crippen molar-refractivity contribution in [3.63, 3.8) is 0 Å². The number of thiophene rings is 6. The van der Waals surface area contributed by atoms with Gasteiger partial charge in [-0.1, -0.05) is 151 Å². The third kappa shape index (κ3) is 19.0. The number of hydrogen-bond donors (Lipinski definition) is 1. The van der Waals surface area contributed by atoms with Crippen LogP contribution in [0.2, 0.25) is 0 Å². The Labute approximate surface area is 667 Å². The summed E-state index contributed by atoms with van der Waals surface area (Å²) in [7, 11) is 0. The molecule has 10 aromatic rings. The van der Waals surface area contributed by atoms with E-state index in [9.17, 15) is 5.41 Å². The molecule has 7 heterocycles. The van der Waals surface area contributed by atoms with E-state index in [-0.39, 0.29) is 28.5 Å². The van der Waals surface area contributed by atoms with E-state index in [0.29, 0.717) is 64.9 Å². The topological polar surface area (TPSA) is 80.5 Å². The number of aromatic nitrogens is 2. The number of unbranched alkanes of at least 4 members (excludes halogenated alkanes) is 20. The average molecular weight is 1680 g/mol. The van der Waals surface area contributed by atoms with Crippen molar-refractivity contribution in [1.29, 1.82) is 5.41 Å². The summed E-state index contributed by atoms with van der Waals surface area (Å²) in [4.78, 5) is 8.25. The molecule has 568 valence electrons. The fraction of sp³-hybridized carbons (Fsp3) is 0.500. The Morgan fingerprint density at radius 2 is 0.906 bits per heavy atom. The number of benzene rings is 3. The van der Waals surface area contributed by atoms with Gasteiger partial charge in [-0.25, -0.2) is 0 Å². The van der Waals surface area contributed by atoms with Crippen molar-refractivity contribution in [2.45, 2.75) is 262 Å². The van der Waals surface area contributed by atoms with E-state index in [1.807, 2.05) is 38.1 Å². The number of rotatable bonds is 43. The molecule has 0 aliphatic heterocycles. The summed E-state index contributed by atoms with van der Waals surface area (Å²) in [6, 6.07) is 19.1. The molecule has 0 saturated heterocycles. The Balaban J connectivity index is 0.959. The predicted molar refractivity (Wildman–Crippen MR) is 457 cm³/mol. The second-order valence-corrected chi connectivity index (χ2v) is 37.6. The minimum atomic E-state index is -0.933. The third-order valence-corrected chi connectivity index (χ3v) is 29.9. The first-order valence-electron chi connectivity index (χ1n) is 39.6. The Bertz CT molecular complexity index is 4610. The molecule has 2 unspecified atom stereocenters. The van der Waals surface area contributed by atoms with Crippen LogP contribution >= 0.6 is 68.0 Å². The molecule has 7 aromatic heterocycles. The van der Waals surface area contributed by atoms with Gasteiger partial charge in [-0.15, -0.1) is 0 Å². The van der Waals surface area contributed by atoms with Crippen LogP contribution in [-0.2, 0) is 17.6 Å². The number of ether oxygens (including phenoxy) is 2. The fourth-order valence-electron chi connectivity index (χ4n) is 15.4. The quantitative estimate of drug-likeness (QED) is 0.0179. The average Bonchev–Trinajstić information content (AvgIpc) is 1.33. The Morgan fingerprint density at radius 3 is 1.42 bits per heavy atom. The number of hydrogen-bond acceptors (Lipinski definition) is 12. The number of nitrogens with one attached hydrogen (secondary N) is 1. The summed E-state index contributed by atoms with van der Waals surface area (Å²) in [6.45, 7) is 22.6. The van der Waals surface area contributed by atoms with Crippen molar-refractivity contribution in [3.8, 4) is 68.4 Å². The van der Waals surface area contributed by atoms with Gasteiger partial charge in [0.1, 0.15) is 0 Å². The maximum absolute atomic E-state index is 17.2. The number of halogens is 4. The van der Waals surface area contributed by atoms with Crippen LogP contribution in [0.15, 0.2) is 81.6 Å². The summed E-state index contributed by atoms with van der Waals surface area (Å²) < 4.78 is 98.7. The van der Waals surface area contributed by atoms with Crippen molar-refractivity contribution in [2.75, 3.05) is 13.2 Å². The van der Waals surface area contributed by atoms with E-state index in [2.05, 4.69) is 87.8 Å². The van der Waals surface area contributed by atoms with Gasteiger partial charge in [-0.3, -0.25) is 0 Å². The number of allylic oxidation sites excluding steroid dienone is 3. The van der Waals surface area contributed by atoms with Gasteiger partial charge in [0, 0.05) is 0 Å². The van der Waals surface area contributed by atoms with Crippen molar-refractivity contribution in [3.05, 3.63) is 126 Å². The van der Waals surface area contributed by atoms with Crippen LogP contribution in [0, 0.1) is 54.4 Å². The summed E-state index contributed by atoms with van der Waals surface area (Å²) in [6.07, 6.45) is 34.2. The van der Waals surface area contributed by atoms with Gasteiger partial charge in [-0.05, 0) is 0 Å². The molecule has 0 fully saturated rings. The van der Waals surface area contributed by atoms with Crippen LogP contribution in [0.1, 0.15) is 260 Å². The number of aryl methyl sites for hydroxylation is 1. The van der Waals surface area contributed by atoms with Gasteiger partial charge in [0.15, 0.2) is 0 Å². The van der Waals surface area contributed by atoms with Gasteiger partial charge < -0.3 is 0 Å². The van der Waals surface area contributed by atoms with E-state index in [1.165, 1.54) is 119 Å². The van der Waals surface area contributed by atoms with E-state index in [0.717, 1.165) is 198 Å². The third-order valence-electron chi connectivity index (χ3n) is 21.6. The van der Waals surface area contributed by atoms with Crippen LogP contribution in [0.3, 0.4) is 0 Å². The van der Waals surface area contributed by atoms with Crippen molar-refractivity contribution in [1.82, 2.24) is 7.96 Å². The minimum absolute atomic E-state index is 0.150. The summed E-state index contributed by atoms with van der Waals surface area (Å²) in [5.74, 6) is 0.00729. The van der Waals surface area contributed by atoms with Gasteiger partial charge >= 0.3 is 522 Å². The van der Waals surface area contributed by atoms with Crippen LogP contribution < -0.4 is 4.74 Å². The molecule has 0 bridgehead atoms. The zero-order valence-corrected chi connectivity index (χ0v) is 72.5. The standard InChI is InChI=1S/C88H108F4N4O2S6Se2/c1-11-17-21-23-25-27-29-31-33-35-45-97-85-54(8)74(82(94-105)81(93)56(85)10)67-43-41-65(100-67)59-39-40-60(80(92)79(59)91)66-42-44-68(101-66)78-84-83(95-106-96-84)75(55(9)86(78)98-46-36-34-32-30-28-26-24-22-18-12-2)71-50-62-77(73-52-64(90)70(103-73)49-58(16-6)38-20-14-4)87-61(47-53(7)99-87)76(88(62)104-71)72-51-63(89)69(102-72)48-57(15-5)37-19-13-3/h39-44,47,50-52,57-58,93,105H,11-38,45-46,48-49H2,1-10H3. The predicted octanol–water partition coefficient (Wildman–Crippen LogP) is 29.6. The zero-order valence-electron chi connectivity index (χ0n) is 64.0. The maximum atomic E-state index is 17.2. The van der Waals surface area contributed by atoms with Gasteiger partial charge in [0.25, 0.3) is 0 Å². The van der Waals surface area contributed by atoms with Gasteiger partial charge in [-0.2, -0.15) is 0 Å². The monoisotopic (exact) mass is 1680 g/mol. The first kappa shape index (κ1) is 82.1. The Hall–Kier alpha value is -4.84. The molecule has 106 heavy (non-hydrogen) atoms. The zero-order chi connectivity index (χ0) is 75.0. The molecule has 3 aromatic carbocycles. The fourth-order valence-corrected chi connectivity index (χ4v) is 24.2. The second kappa shape index (κ2) is 39.9. The molecular weight excluding hydrogens is 1570 g/mol. The van der Waals surface area contributed by atoms with Crippen LogP contribution in [-0.4, -0.2) is 63.8 Å². The summed E-state index contributed by atoms with van der Waals surface area (Å²) in [5.41, 5.74) is 9.66. The summed E-state index contributed by atoms with van der Waals surface area (Å²) >= 11 is 11.1. The van der Waals surface area contributed by atoms with E-state index >= 15 is 17.6 Å². The molecule has 0 amide bonds. The second-order valence-electron chi connectivity index (χ2n) is 29.3. The van der Waals surface area contributed by atoms with E-state index < -0.39 is 26.6 Å². The molecule has 0 spiro atoms. The van der Waals surface area contributed by atoms with Crippen molar-refractivity contribution in [2.24, 2.45) is 15.8 Å². The molecule has 2 atom stereocenters. The molecular formula is C88H108F4N4O2S6Se2. The molecule has 11 rings (SSSR count). The first-order chi connectivity index (χ1) is 51.6. The Kier molecular flexibility index (Phi) is 30.9. The normalized spacial score (nSPS) is 14.0. The van der Waals surface area contributed by atoms with E-state index in [1.54, 1.807) is 69.6 Å². The number of nitrogens with zero attached hydrogens (tertiary/aromatic N) is 3. The number of fused-ring (bicyclic) bond motifs is 3. The van der Waals surface area contributed by atoms with Crippen LogP contribution in [0.5, 0.6) is 5.75 Å². The van der Waals surface area contributed by atoms with Gasteiger partial charge in [0.05, 0.1) is 0 Å². The SMILES string of the molecule is CCCCCCCCCCCCOC1=C(C)C(=N)C(=N[SeH])C(c2ccc(-c3ccc(-c4ccc(-c5c(OCCCCCCCCCCCC)c(C)c(-c6cc7c(-c8cc(F)c(CC(CC)CCCC)s8)c8sc(C)cc8c(-c8cc(F)c(CC(CC)CCCC)s8)c7s6)c6n[se]nc56)s4)c(F)c3F)s2)=C1C. The molecule has 1 aliphatic rings. The molecule has 0 saturated carbocycles. The molecule has 0 radical (unpaired) electrons. The Morgan fingerprint density at radius 1 is 0.462 bits per heavy atom. The molecule has 18 heteroatoms. The first-order valence-corrected chi connectivity index (χ1v) is 46.9. The van der Waals surface area contributed by atoms with Crippen molar-refractivity contribution < 1.29 is 27.0 Å². The molecule has 1 N–H and O–H groups in total. The molecule has 1 aliphatic carbocycles. The van der Waals surface area contributed by atoms with E-state index in [4.69, 9.17) is 17.4 Å². The molecule has 6 nitrogen and oxygen atoms in total. The van der Waals surface area contributed by atoms with Crippen LogP contribution in [0.4, 0.5) is 17.6 Å². The van der Waals surface area contributed by atoms with Crippen LogP contribution in [0.25, 0.3) is 99.4 Å². The van der Waals surface area contributed by atoms with Gasteiger partial charge in [0.2, 0.25) is 0 Å².